The molecule has 2 unspecified atom stereocenters. The van der Waals surface area contributed by atoms with Gasteiger partial charge in [0.05, 0.1) is 7.11 Å². The van der Waals surface area contributed by atoms with Gasteiger partial charge in [-0.2, -0.15) is 0 Å². The number of carbonyl (C=O) groups is 2. The lowest BCUT2D eigenvalue weighted by molar-refractivity contribution is -0.151. The van der Waals surface area contributed by atoms with E-state index in [1.54, 1.807) is 0 Å². The summed E-state index contributed by atoms with van der Waals surface area (Å²) in [5.41, 5.74) is 1.05. The molecule has 0 heterocycles. The van der Waals surface area contributed by atoms with Gasteiger partial charge in [-0.3, -0.25) is 9.59 Å². The van der Waals surface area contributed by atoms with Crippen molar-refractivity contribution in [3.63, 3.8) is 0 Å². The molecule has 1 aliphatic carbocycles. The quantitative estimate of drug-likeness (QED) is 0.580. The van der Waals surface area contributed by atoms with E-state index in [-0.39, 0.29) is 11.7 Å². The van der Waals surface area contributed by atoms with Crippen LogP contribution in [0.5, 0.6) is 0 Å². The highest BCUT2D eigenvalue weighted by molar-refractivity contribution is 6.00. The van der Waals surface area contributed by atoms with Crippen molar-refractivity contribution < 1.29 is 14.3 Å². The standard InChI is InChI=1S/C14H16O3/c1-17-14(16)13-11(8-5-9-12(13)15)10-6-3-2-4-7-10/h2-4,6-7,11,13H,5,8-9H2,1H3. The number of hydrogen-bond acceptors (Lipinski definition) is 3. The van der Waals surface area contributed by atoms with Crippen LogP contribution >= 0.6 is 0 Å². The topological polar surface area (TPSA) is 43.4 Å². The second-order valence-electron chi connectivity index (χ2n) is 4.38. The third-order valence-corrected chi connectivity index (χ3v) is 3.37. The predicted molar refractivity (Wildman–Crippen MR) is 63.5 cm³/mol. The van der Waals surface area contributed by atoms with Gasteiger partial charge in [0.2, 0.25) is 0 Å². The van der Waals surface area contributed by atoms with E-state index in [0.717, 1.165) is 18.4 Å². The molecule has 1 saturated carbocycles. The van der Waals surface area contributed by atoms with Gasteiger partial charge in [0.1, 0.15) is 11.7 Å². The van der Waals surface area contributed by atoms with Crippen LogP contribution in [0.15, 0.2) is 30.3 Å². The molecule has 0 bridgehead atoms. The molecule has 1 aromatic rings. The number of Topliss-reactive ketones (excluding diaryl/α,β-unsaturated/α-hetero) is 1. The fourth-order valence-electron chi connectivity index (χ4n) is 2.52. The fraction of sp³-hybridized carbons (Fsp3) is 0.429. The van der Waals surface area contributed by atoms with Crippen LogP contribution in [0.3, 0.4) is 0 Å². The molecule has 1 aliphatic rings. The van der Waals surface area contributed by atoms with E-state index >= 15 is 0 Å². The number of ether oxygens (including phenoxy) is 1. The summed E-state index contributed by atoms with van der Waals surface area (Å²) in [5, 5.41) is 0. The van der Waals surface area contributed by atoms with Crippen LogP contribution in [0.1, 0.15) is 30.7 Å². The lowest BCUT2D eigenvalue weighted by Gasteiger charge is -2.28. The van der Waals surface area contributed by atoms with Crippen molar-refractivity contribution in [2.24, 2.45) is 5.92 Å². The van der Waals surface area contributed by atoms with Crippen molar-refractivity contribution in [3.05, 3.63) is 35.9 Å². The average molecular weight is 232 g/mol. The third kappa shape index (κ3) is 2.38. The molecule has 0 aliphatic heterocycles. The Morgan fingerprint density at radius 2 is 2.00 bits per heavy atom. The molecule has 3 heteroatoms. The number of benzene rings is 1. The summed E-state index contributed by atoms with van der Waals surface area (Å²) in [7, 11) is 1.34. The molecule has 0 aromatic heterocycles. The van der Waals surface area contributed by atoms with E-state index in [1.807, 2.05) is 30.3 Å². The third-order valence-electron chi connectivity index (χ3n) is 3.37. The lowest BCUT2D eigenvalue weighted by Crippen LogP contribution is -2.34. The molecular formula is C14H16O3. The summed E-state index contributed by atoms with van der Waals surface area (Å²) < 4.78 is 4.75. The Bertz CT molecular complexity index is 403. The van der Waals surface area contributed by atoms with E-state index in [0.29, 0.717) is 6.42 Å². The van der Waals surface area contributed by atoms with Gasteiger partial charge in [0, 0.05) is 12.3 Å². The smallest absolute Gasteiger partial charge is 0.316 e. The lowest BCUT2D eigenvalue weighted by atomic mass is 9.75. The zero-order valence-corrected chi connectivity index (χ0v) is 9.89. The van der Waals surface area contributed by atoms with Crippen molar-refractivity contribution in [2.45, 2.75) is 25.2 Å². The maximum Gasteiger partial charge on any atom is 0.316 e. The predicted octanol–water partition coefficient (Wildman–Crippen LogP) is 2.31. The van der Waals surface area contributed by atoms with Crippen molar-refractivity contribution in [1.29, 1.82) is 0 Å². The Morgan fingerprint density at radius 3 is 2.65 bits per heavy atom. The average Bonchev–Trinajstić information content (AvgIpc) is 2.38. The molecule has 17 heavy (non-hydrogen) atoms. The summed E-state index contributed by atoms with van der Waals surface area (Å²) in [6.45, 7) is 0. The molecule has 2 rings (SSSR count). The van der Waals surface area contributed by atoms with E-state index < -0.39 is 11.9 Å². The van der Waals surface area contributed by atoms with Gasteiger partial charge < -0.3 is 4.74 Å². The van der Waals surface area contributed by atoms with Crippen molar-refractivity contribution in [2.75, 3.05) is 7.11 Å². The normalized spacial score (nSPS) is 24.4. The van der Waals surface area contributed by atoms with Gasteiger partial charge in [-0.25, -0.2) is 0 Å². The van der Waals surface area contributed by atoms with Crippen LogP contribution in [-0.4, -0.2) is 18.9 Å². The molecule has 1 aromatic carbocycles. The van der Waals surface area contributed by atoms with Gasteiger partial charge >= 0.3 is 5.97 Å². The zero-order valence-electron chi connectivity index (χ0n) is 9.89. The number of rotatable bonds is 2. The molecule has 0 amide bonds. The molecule has 0 spiro atoms. The van der Waals surface area contributed by atoms with E-state index in [2.05, 4.69) is 0 Å². The SMILES string of the molecule is COC(=O)C1C(=O)CCCC1c1ccccc1. The molecular weight excluding hydrogens is 216 g/mol. The summed E-state index contributed by atoms with van der Waals surface area (Å²) in [4.78, 5) is 23.6. The van der Waals surface area contributed by atoms with Crippen LogP contribution in [0.4, 0.5) is 0 Å². The van der Waals surface area contributed by atoms with E-state index in [1.165, 1.54) is 7.11 Å². The Morgan fingerprint density at radius 1 is 1.29 bits per heavy atom. The first-order valence-electron chi connectivity index (χ1n) is 5.89. The number of hydrogen-bond donors (Lipinski definition) is 0. The first-order chi connectivity index (χ1) is 8.24. The second-order valence-corrected chi connectivity index (χ2v) is 4.38. The van der Waals surface area contributed by atoms with Crippen LogP contribution in [0, 0.1) is 5.92 Å². The van der Waals surface area contributed by atoms with Crippen molar-refractivity contribution in [1.82, 2.24) is 0 Å². The minimum atomic E-state index is -0.615. The van der Waals surface area contributed by atoms with Gasteiger partial charge in [-0.05, 0) is 18.4 Å². The molecule has 90 valence electrons. The number of carbonyl (C=O) groups excluding carboxylic acids is 2. The van der Waals surface area contributed by atoms with E-state index in [9.17, 15) is 9.59 Å². The highest BCUT2D eigenvalue weighted by atomic mass is 16.5. The Kier molecular flexibility index (Phi) is 3.57. The first kappa shape index (κ1) is 11.8. The zero-order chi connectivity index (χ0) is 12.3. The van der Waals surface area contributed by atoms with Crippen molar-refractivity contribution >= 4 is 11.8 Å². The summed E-state index contributed by atoms with van der Waals surface area (Å²) in [6, 6.07) is 9.74. The molecule has 0 N–H and O–H groups in total. The minimum absolute atomic E-state index is 0.0111. The largest absolute Gasteiger partial charge is 0.468 e. The Balaban J connectivity index is 2.30. The van der Waals surface area contributed by atoms with Crippen LogP contribution in [-0.2, 0) is 14.3 Å². The maximum absolute atomic E-state index is 11.9. The molecule has 3 nitrogen and oxygen atoms in total. The summed E-state index contributed by atoms with van der Waals surface area (Å²) in [5.74, 6) is -1.03. The molecule has 1 fully saturated rings. The number of methoxy groups -OCH3 is 1. The first-order valence-corrected chi connectivity index (χ1v) is 5.89. The number of esters is 1. The minimum Gasteiger partial charge on any atom is -0.468 e. The van der Waals surface area contributed by atoms with Crippen molar-refractivity contribution in [3.8, 4) is 0 Å². The van der Waals surface area contributed by atoms with Gasteiger partial charge in [0.15, 0.2) is 0 Å². The fourth-order valence-corrected chi connectivity index (χ4v) is 2.52. The monoisotopic (exact) mass is 232 g/mol. The summed E-state index contributed by atoms with van der Waals surface area (Å²) in [6.07, 6.45) is 2.21. The highest BCUT2D eigenvalue weighted by Gasteiger charge is 2.38. The number of ketones is 1. The van der Waals surface area contributed by atoms with Gasteiger partial charge in [-0.1, -0.05) is 30.3 Å². The van der Waals surface area contributed by atoms with Crippen LogP contribution in [0.25, 0.3) is 0 Å². The summed E-state index contributed by atoms with van der Waals surface area (Å²) >= 11 is 0. The highest BCUT2D eigenvalue weighted by Crippen LogP contribution is 2.36. The van der Waals surface area contributed by atoms with Gasteiger partial charge in [-0.15, -0.1) is 0 Å². The molecule has 0 radical (unpaired) electrons. The molecule has 2 atom stereocenters. The maximum atomic E-state index is 11.9. The van der Waals surface area contributed by atoms with Crippen LogP contribution in [0.2, 0.25) is 0 Å². The van der Waals surface area contributed by atoms with E-state index in [4.69, 9.17) is 4.74 Å². The second kappa shape index (κ2) is 5.13. The Hall–Kier alpha value is -1.64. The Labute approximate surface area is 101 Å². The van der Waals surface area contributed by atoms with Gasteiger partial charge in [0.25, 0.3) is 0 Å². The van der Waals surface area contributed by atoms with Crippen LogP contribution < -0.4 is 0 Å². The molecule has 0 saturated heterocycles.